The van der Waals surface area contributed by atoms with E-state index >= 15 is 0 Å². The molecule has 0 saturated carbocycles. The van der Waals surface area contributed by atoms with Gasteiger partial charge in [0.1, 0.15) is 11.9 Å². The highest BCUT2D eigenvalue weighted by Gasteiger charge is 2.20. The summed E-state index contributed by atoms with van der Waals surface area (Å²) in [6.07, 6.45) is 0.156. The normalized spacial score (nSPS) is 12.4. The molecule has 0 radical (unpaired) electrons. The summed E-state index contributed by atoms with van der Waals surface area (Å²) < 4.78 is 2.17. The Hall–Kier alpha value is -2.91. The molecule has 1 N–H and O–H groups in total. The Kier molecular flexibility index (Phi) is 4.78. The van der Waals surface area contributed by atoms with Crippen molar-refractivity contribution in [2.45, 2.75) is 32.9 Å². The standard InChI is InChI=1S/C24H24N2O/c1-17-15-21-22(16-18(17)2)26(14-13-19-9-5-3-6-10-19)24(25-21)23(27)20-11-7-4-8-12-20/h3-12,15-16,23,27H,13-14H2,1-2H3. The van der Waals surface area contributed by atoms with Crippen LogP contribution in [0.5, 0.6) is 0 Å². The van der Waals surface area contributed by atoms with Crippen LogP contribution in [-0.2, 0) is 13.0 Å². The summed E-state index contributed by atoms with van der Waals surface area (Å²) >= 11 is 0. The number of rotatable bonds is 5. The largest absolute Gasteiger partial charge is 0.380 e. The molecule has 4 rings (SSSR count). The highest BCUT2D eigenvalue weighted by molar-refractivity contribution is 5.78. The molecule has 136 valence electrons. The van der Waals surface area contributed by atoms with Gasteiger partial charge in [0.15, 0.2) is 0 Å². The average Bonchev–Trinajstić information content (AvgIpc) is 3.05. The number of hydrogen-bond donors (Lipinski definition) is 1. The molecule has 0 saturated heterocycles. The molecule has 27 heavy (non-hydrogen) atoms. The van der Waals surface area contributed by atoms with E-state index in [1.165, 1.54) is 16.7 Å². The van der Waals surface area contributed by atoms with Gasteiger partial charge in [0, 0.05) is 6.54 Å². The van der Waals surface area contributed by atoms with Gasteiger partial charge in [-0.1, -0.05) is 60.7 Å². The van der Waals surface area contributed by atoms with Crippen molar-refractivity contribution in [1.82, 2.24) is 9.55 Å². The maximum atomic E-state index is 11.0. The minimum Gasteiger partial charge on any atom is -0.380 e. The monoisotopic (exact) mass is 356 g/mol. The number of nitrogens with zero attached hydrogens (tertiary/aromatic N) is 2. The molecule has 3 heteroatoms. The maximum absolute atomic E-state index is 11.0. The van der Waals surface area contributed by atoms with Crippen LogP contribution < -0.4 is 0 Å². The third-order valence-electron chi connectivity index (χ3n) is 5.22. The second kappa shape index (κ2) is 7.37. The molecular formula is C24H24N2O. The summed E-state index contributed by atoms with van der Waals surface area (Å²) in [4.78, 5) is 4.82. The van der Waals surface area contributed by atoms with Crippen molar-refractivity contribution in [3.05, 3.63) is 101 Å². The second-order valence-electron chi connectivity index (χ2n) is 7.10. The molecule has 3 nitrogen and oxygen atoms in total. The SMILES string of the molecule is Cc1cc2nc(C(O)c3ccccc3)n(CCc3ccccc3)c2cc1C. The van der Waals surface area contributed by atoms with Crippen molar-refractivity contribution >= 4 is 11.0 Å². The molecule has 0 aliphatic heterocycles. The number of aromatic nitrogens is 2. The first-order chi connectivity index (χ1) is 13.1. The van der Waals surface area contributed by atoms with Gasteiger partial charge in [0.2, 0.25) is 0 Å². The fraction of sp³-hybridized carbons (Fsp3) is 0.208. The van der Waals surface area contributed by atoms with E-state index in [0.29, 0.717) is 5.82 Å². The van der Waals surface area contributed by atoms with Crippen LogP contribution in [0.4, 0.5) is 0 Å². The molecule has 3 aromatic carbocycles. The van der Waals surface area contributed by atoms with E-state index in [2.05, 4.69) is 54.8 Å². The van der Waals surface area contributed by atoms with Gasteiger partial charge in [-0.2, -0.15) is 0 Å². The van der Waals surface area contributed by atoms with Gasteiger partial charge in [-0.3, -0.25) is 0 Å². The Balaban J connectivity index is 1.79. The summed E-state index contributed by atoms with van der Waals surface area (Å²) in [6.45, 7) is 5.00. The van der Waals surface area contributed by atoms with Gasteiger partial charge in [-0.25, -0.2) is 4.98 Å². The topological polar surface area (TPSA) is 38.1 Å². The molecule has 0 aliphatic carbocycles. The van der Waals surface area contributed by atoms with E-state index in [1.54, 1.807) is 0 Å². The lowest BCUT2D eigenvalue weighted by molar-refractivity contribution is 0.205. The zero-order valence-electron chi connectivity index (χ0n) is 15.8. The quantitative estimate of drug-likeness (QED) is 0.548. The molecule has 0 aliphatic rings. The van der Waals surface area contributed by atoms with Crippen molar-refractivity contribution in [2.24, 2.45) is 0 Å². The second-order valence-corrected chi connectivity index (χ2v) is 7.10. The van der Waals surface area contributed by atoms with Crippen LogP contribution in [-0.4, -0.2) is 14.7 Å². The van der Waals surface area contributed by atoms with E-state index in [9.17, 15) is 5.11 Å². The summed E-state index contributed by atoms with van der Waals surface area (Å²) in [5.41, 5.74) is 6.63. The van der Waals surface area contributed by atoms with E-state index in [0.717, 1.165) is 29.6 Å². The van der Waals surface area contributed by atoms with E-state index < -0.39 is 6.10 Å². The van der Waals surface area contributed by atoms with Gasteiger partial charge in [0.25, 0.3) is 0 Å². The Morgan fingerprint density at radius 3 is 2.22 bits per heavy atom. The molecule has 1 atom stereocenters. The summed E-state index contributed by atoms with van der Waals surface area (Å²) in [6, 6.07) is 24.5. The first-order valence-corrected chi connectivity index (χ1v) is 9.38. The summed E-state index contributed by atoms with van der Waals surface area (Å²) in [7, 11) is 0. The predicted molar refractivity (Wildman–Crippen MR) is 110 cm³/mol. The minimum absolute atomic E-state index is 0.706. The molecule has 4 aromatic rings. The minimum atomic E-state index is -0.741. The van der Waals surface area contributed by atoms with Crippen LogP contribution in [0.25, 0.3) is 11.0 Å². The Bertz CT molecular complexity index is 1050. The van der Waals surface area contributed by atoms with Gasteiger partial charge in [0.05, 0.1) is 11.0 Å². The van der Waals surface area contributed by atoms with Crippen LogP contribution in [0.2, 0.25) is 0 Å². The molecule has 1 aromatic heterocycles. The lowest BCUT2D eigenvalue weighted by atomic mass is 10.1. The average molecular weight is 356 g/mol. The smallest absolute Gasteiger partial charge is 0.143 e. The molecule has 0 bridgehead atoms. The number of hydrogen-bond acceptors (Lipinski definition) is 2. The number of aryl methyl sites for hydroxylation is 4. The summed E-state index contributed by atoms with van der Waals surface area (Å²) in [5, 5.41) is 11.0. The fourth-order valence-electron chi connectivity index (χ4n) is 3.51. The number of aliphatic hydroxyl groups is 1. The third kappa shape index (κ3) is 3.51. The van der Waals surface area contributed by atoms with Crippen LogP contribution in [0.15, 0.2) is 72.8 Å². The van der Waals surface area contributed by atoms with Crippen molar-refractivity contribution in [3.63, 3.8) is 0 Å². The van der Waals surface area contributed by atoms with E-state index in [1.807, 2.05) is 36.4 Å². The van der Waals surface area contributed by atoms with Gasteiger partial charge < -0.3 is 9.67 Å². The van der Waals surface area contributed by atoms with Crippen molar-refractivity contribution < 1.29 is 5.11 Å². The lowest BCUT2D eigenvalue weighted by Gasteiger charge is -2.15. The van der Waals surface area contributed by atoms with Crippen LogP contribution >= 0.6 is 0 Å². The first-order valence-electron chi connectivity index (χ1n) is 9.38. The number of aliphatic hydroxyl groups excluding tert-OH is 1. The highest BCUT2D eigenvalue weighted by atomic mass is 16.3. The molecule has 1 unspecified atom stereocenters. The van der Waals surface area contributed by atoms with Crippen molar-refractivity contribution in [2.75, 3.05) is 0 Å². The van der Waals surface area contributed by atoms with Crippen LogP contribution in [0, 0.1) is 13.8 Å². The molecule has 1 heterocycles. The number of benzene rings is 3. The van der Waals surface area contributed by atoms with Crippen molar-refractivity contribution in [1.29, 1.82) is 0 Å². The van der Waals surface area contributed by atoms with Crippen LogP contribution in [0.1, 0.15) is 34.2 Å². The lowest BCUT2D eigenvalue weighted by Crippen LogP contribution is -2.11. The third-order valence-corrected chi connectivity index (χ3v) is 5.22. The molecule has 0 amide bonds. The zero-order valence-corrected chi connectivity index (χ0v) is 15.8. The maximum Gasteiger partial charge on any atom is 0.143 e. The Morgan fingerprint density at radius 1 is 0.889 bits per heavy atom. The number of imidazole rings is 1. The van der Waals surface area contributed by atoms with Crippen LogP contribution in [0.3, 0.4) is 0 Å². The Morgan fingerprint density at radius 2 is 1.52 bits per heavy atom. The number of fused-ring (bicyclic) bond motifs is 1. The van der Waals surface area contributed by atoms with Gasteiger partial charge >= 0.3 is 0 Å². The molecular weight excluding hydrogens is 332 g/mol. The molecule has 0 fully saturated rings. The van der Waals surface area contributed by atoms with E-state index in [-0.39, 0.29) is 0 Å². The fourth-order valence-corrected chi connectivity index (χ4v) is 3.51. The van der Waals surface area contributed by atoms with Gasteiger partial charge in [-0.15, -0.1) is 0 Å². The predicted octanol–water partition coefficient (Wildman–Crippen LogP) is 4.98. The van der Waals surface area contributed by atoms with E-state index in [4.69, 9.17) is 4.98 Å². The molecule has 0 spiro atoms. The Labute approximate surface area is 159 Å². The summed E-state index contributed by atoms with van der Waals surface area (Å²) in [5.74, 6) is 0.706. The first kappa shape index (κ1) is 17.5. The van der Waals surface area contributed by atoms with Crippen molar-refractivity contribution in [3.8, 4) is 0 Å². The van der Waals surface area contributed by atoms with Gasteiger partial charge in [-0.05, 0) is 54.7 Å². The highest BCUT2D eigenvalue weighted by Crippen LogP contribution is 2.28. The zero-order chi connectivity index (χ0) is 18.8.